The second kappa shape index (κ2) is 11.0. The zero-order valence-corrected chi connectivity index (χ0v) is 30.0. The van der Waals surface area contributed by atoms with Crippen LogP contribution in [-0.4, -0.2) is 14.5 Å². The van der Waals surface area contributed by atoms with Crippen molar-refractivity contribution in [2.75, 3.05) is 0 Å². The number of nitrogens with zero attached hydrogens (tertiary/aromatic N) is 3. The first kappa shape index (κ1) is 29.8. The molecule has 258 valence electrons. The van der Waals surface area contributed by atoms with Gasteiger partial charge in [-0.15, -0.1) is 0 Å². The third kappa shape index (κ3) is 3.97. The fraction of sp³-hybridized carbons (Fsp3) is 0. The largest absolute Gasteiger partial charge is 0.456 e. The van der Waals surface area contributed by atoms with Crippen molar-refractivity contribution in [3.05, 3.63) is 176 Å². The molecule has 0 amide bonds. The molecule has 0 aliphatic carbocycles. The number of benzene rings is 10. The predicted octanol–water partition coefficient (Wildman–Crippen LogP) is 14.1. The van der Waals surface area contributed by atoms with Crippen LogP contribution in [0.3, 0.4) is 0 Å². The van der Waals surface area contributed by atoms with Gasteiger partial charge in [0, 0.05) is 37.9 Å². The fourth-order valence-electron chi connectivity index (χ4n) is 9.50. The standard InChI is InChI=1S/C52H29N3O/c1-2-14-32-29-44-41(28-31(32)13-1)49-43(27-25-38-36-18-6-5-16-34(36)35-17-7-8-19-37(35)48(38)49)55(44)52-51(54-50-33-15-4-3-12-30(33)24-26-42(50)53-52)40-21-11-23-46-47(40)39-20-9-10-22-45(39)56-46/h1-29H. The van der Waals surface area contributed by atoms with E-state index in [-0.39, 0.29) is 0 Å². The Kier molecular flexibility index (Phi) is 5.86. The van der Waals surface area contributed by atoms with Gasteiger partial charge in [-0.1, -0.05) is 140 Å². The molecule has 0 aliphatic heterocycles. The topological polar surface area (TPSA) is 43.9 Å². The molecule has 10 aromatic carbocycles. The first-order valence-electron chi connectivity index (χ1n) is 19.1. The van der Waals surface area contributed by atoms with Crippen molar-refractivity contribution in [1.82, 2.24) is 14.5 Å². The molecule has 13 rings (SSSR count). The minimum absolute atomic E-state index is 0.783. The molecule has 4 nitrogen and oxygen atoms in total. The van der Waals surface area contributed by atoms with Gasteiger partial charge in [0.25, 0.3) is 0 Å². The van der Waals surface area contributed by atoms with Crippen LogP contribution in [0.5, 0.6) is 0 Å². The summed E-state index contributed by atoms with van der Waals surface area (Å²) < 4.78 is 8.83. The van der Waals surface area contributed by atoms with E-state index in [1.54, 1.807) is 0 Å². The molecular weight excluding hydrogens is 683 g/mol. The Balaban J connectivity index is 1.27. The second-order valence-corrected chi connectivity index (χ2v) is 14.9. The van der Waals surface area contributed by atoms with Crippen molar-refractivity contribution < 1.29 is 4.42 Å². The van der Waals surface area contributed by atoms with Gasteiger partial charge in [0.1, 0.15) is 16.9 Å². The van der Waals surface area contributed by atoms with Crippen molar-refractivity contribution in [2.24, 2.45) is 0 Å². The number of aromatic nitrogens is 3. The van der Waals surface area contributed by atoms with E-state index >= 15 is 0 Å². The van der Waals surface area contributed by atoms with Gasteiger partial charge in [0.15, 0.2) is 5.82 Å². The van der Waals surface area contributed by atoms with Crippen LogP contribution in [0.2, 0.25) is 0 Å². The molecule has 0 radical (unpaired) electrons. The third-order valence-corrected chi connectivity index (χ3v) is 11.9. The Bertz CT molecular complexity index is 3800. The quantitative estimate of drug-likeness (QED) is 0.168. The van der Waals surface area contributed by atoms with E-state index in [2.05, 4.69) is 168 Å². The first-order chi connectivity index (χ1) is 27.8. The second-order valence-electron chi connectivity index (χ2n) is 14.9. The highest BCUT2D eigenvalue weighted by Crippen LogP contribution is 2.46. The van der Waals surface area contributed by atoms with Gasteiger partial charge in [-0.2, -0.15) is 0 Å². The fourth-order valence-corrected chi connectivity index (χ4v) is 9.50. The monoisotopic (exact) mass is 711 g/mol. The average molecular weight is 712 g/mol. The Hall–Kier alpha value is -7.56. The van der Waals surface area contributed by atoms with Gasteiger partial charge in [-0.3, -0.25) is 4.57 Å². The highest BCUT2D eigenvalue weighted by molar-refractivity contribution is 6.36. The molecule has 3 heterocycles. The number of hydrogen-bond donors (Lipinski definition) is 0. The molecule has 3 aromatic heterocycles. The summed E-state index contributed by atoms with van der Waals surface area (Å²) in [5, 5.41) is 16.6. The first-order valence-corrected chi connectivity index (χ1v) is 19.1. The van der Waals surface area contributed by atoms with Crippen LogP contribution in [-0.2, 0) is 0 Å². The number of furan rings is 1. The molecule has 0 atom stereocenters. The van der Waals surface area contributed by atoms with Gasteiger partial charge >= 0.3 is 0 Å². The lowest BCUT2D eigenvalue weighted by molar-refractivity contribution is 0.669. The summed E-state index contributed by atoms with van der Waals surface area (Å²) in [6.45, 7) is 0. The van der Waals surface area contributed by atoms with Gasteiger partial charge in [0.2, 0.25) is 0 Å². The Morgan fingerprint density at radius 1 is 0.375 bits per heavy atom. The normalized spacial score (nSPS) is 12.3. The van der Waals surface area contributed by atoms with Crippen molar-refractivity contribution >= 4 is 109 Å². The highest BCUT2D eigenvalue weighted by atomic mass is 16.3. The van der Waals surface area contributed by atoms with Gasteiger partial charge in [-0.05, 0) is 79.5 Å². The van der Waals surface area contributed by atoms with E-state index in [0.717, 1.165) is 71.9 Å². The minimum Gasteiger partial charge on any atom is -0.456 e. The zero-order chi connectivity index (χ0) is 36.5. The van der Waals surface area contributed by atoms with Gasteiger partial charge in [0.05, 0.1) is 22.1 Å². The SMILES string of the molecule is c1ccc2cc3c(cc2c1)c1c2c4ccccc4c4ccccc4c2ccc1n3-c1nc2ccc3ccccc3c2nc1-c1cccc2oc3ccccc3c12. The molecule has 0 spiro atoms. The Morgan fingerprint density at radius 2 is 1.00 bits per heavy atom. The maximum atomic E-state index is 6.46. The smallest absolute Gasteiger partial charge is 0.165 e. The van der Waals surface area contributed by atoms with Crippen molar-refractivity contribution in [2.45, 2.75) is 0 Å². The van der Waals surface area contributed by atoms with Crippen LogP contribution >= 0.6 is 0 Å². The zero-order valence-electron chi connectivity index (χ0n) is 30.0. The summed E-state index contributed by atoms with van der Waals surface area (Å²) in [6.07, 6.45) is 0. The average Bonchev–Trinajstić information content (AvgIpc) is 3.80. The van der Waals surface area contributed by atoms with Crippen LogP contribution < -0.4 is 0 Å². The molecule has 0 unspecified atom stereocenters. The lowest BCUT2D eigenvalue weighted by Crippen LogP contribution is -2.04. The van der Waals surface area contributed by atoms with E-state index in [1.807, 2.05) is 12.1 Å². The molecular formula is C52H29N3O. The molecule has 0 N–H and O–H groups in total. The van der Waals surface area contributed by atoms with E-state index in [1.165, 1.54) is 53.9 Å². The van der Waals surface area contributed by atoms with Crippen molar-refractivity contribution in [3.8, 4) is 17.1 Å². The predicted molar refractivity (Wildman–Crippen MR) is 234 cm³/mol. The number of rotatable bonds is 2. The third-order valence-electron chi connectivity index (χ3n) is 11.9. The van der Waals surface area contributed by atoms with Gasteiger partial charge in [-0.25, -0.2) is 9.97 Å². The molecule has 0 saturated carbocycles. The summed E-state index contributed by atoms with van der Waals surface area (Å²) >= 11 is 0. The lowest BCUT2D eigenvalue weighted by Gasteiger charge is -2.16. The molecule has 4 heteroatoms. The maximum Gasteiger partial charge on any atom is 0.165 e. The Labute approximate surface area is 319 Å². The number of hydrogen-bond acceptors (Lipinski definition) is 3. The summed E-state index contributed by atoms with van der Waals surface area (Å²) in [7, 11) is 0. The van der Waals surface area contributed by atoms with Crippen LogP contribution in [0, 0.1) is 0 Å². The van der Waals surface area contributed by atoms with Crippen LogP contribution in [0.1, 0.15) is 0 Å². The van der Waals surface area contributed by atoms with E-state index < -0.39 is 0 Å². The van der Waals surface area contributed by atoms with Crippen LogP contribution in [0.25, 0.3) is 126 Å². The van der Waals surface area contributed by atoms with Crippen LogP contribution in [0.15, 0.2) is 180 Å². The molecule has 13 aromatic rings. The minimum atomic E-state index is 0.783. The molecule has 0 aliphatic rings. The summed E-state index contributed by atoms with van der Waals surface area (Å²) in [4.78, 5) is 11.3. The van der Waals surface area contributed by atoms with E-state index in [0.29, 0.717) is 0 Å². The molecule has 56 heavy (non-hydrogen) atoms. The highest BCUT2D eigenvalue weighted by Gasteiger charge is 2.25. The summed E-state index contributed by atoms with van der Waals surface area (Å²) in [5.74, 6) is 0.783. The van der Waals surface area contributed by atoms with E-state index in [4.69, 9.17) is 14.4 Å². The molecule has 0 bridgehead atoms. The molecule has 0 fully saturated rings. The lowest BCUT2D eigenvalue weighted by atomic mass is 9.91. The van der Waals surface area contributed by atoms with Crippen LogP contribution in [0.4, 0.5) is 0 Å². The van der Waals surface area contributed by atoms with Crippen molar-refractivity contribution in [1.29, 1.82) is 0 Å². The Morgan fingerprint density at radius 3 is 1.80 bits per heavy atom. The maximum absolute atomic E-state index is 6.46. The number of fused-ring (bicyclic) bond motifs is 17. The molecule has 0 saturated heterocycles. The summed E-state index contributed by atoms with van der Waals surface area (Å²) in [5.41, 5.74) is 7.36. The van der Waals surface area contributed by atoms with Gasteiger partial charge < -0.3 is 4.42 Å². The number of para-hydroxylation sites is 1. The van der Waals surface area contributed by atoms with E-state index in [9.17, 15) is 0 Å². The van der Waals surface area contributed by atoms with Crippen molar-refractivity contribution in [3.63, 3.8) is 0 Å². The summed E-state index contributed by atoms with van der Waals surface area (Å²) in [6, 6.07) is 63.0.